The maximum absolute atomic E-state index is 11.8. The van der Waals surface area contributed by atoms with Gasteiger partial charge in [0.25, 0.3) is 0 Å². The Hall–Kier alpha value is -1.98. The molecule has 2 aromatic rings. The number of aromatic hydroxyl groups is 1. The third-order valence-corrected chi connectivity index (χ3v) is 3.26. The number of rotatable bonds is 6. The summed E-state index contributed by atoms with van der Waals surface area (Å²) in [5.74, 6) is 0.160. The minimum Gasteiger partial charge on any atom is -0.508 e. The molecule has 0 fully saturated rings. The second kappa shape index (κ2) is 7.87. The highest BCUT2D eigenvalue weighted by Gasteiger charge is 2.07. The first-order chi connectivity index (χ1) is 10.6. The quantitative estimate of drug-likeness (QED) is 0.793. The zero-order valence-electron chi connectivity index (χ0n) is 11.6. The first kappa shape index (κ1) is 16.4. The van der Waals surface area contributed by atoms with Crippen molar-refractivity contribution in [3.8, 4) is 11.6 Å². The van der Waals surface area contributed by atoms with E-state index in [1.807, 2.05) is 0 Å². The van der Waals surface area contributed by atoms with Gasteiger partial charge in [-0.15, -0.1) is 0 Å². The van der Waals surface area contributed by atoms with Gasteiger partial charge in [-0.2, -0.15) is 0 Å². The maximum Gasteiger partial charge on any atom is 0.232 e. The molecule has 5 nitrogen and oxygen atoms in total. The van der Waals surface area contributed by atoms with Crippen LogP contribution in [0.3, 0.4) is 0 Å². The fourth-order valence-electron chi connectivity index (χ4n) is 1.74. The Morgan fingerprint density at radius 2 is 2.09 bits per heavy atom. The van der Waals surface area contributed by atoms with Crippen molar-refractivity contribution in [1.82, 2.24) is 10.3 Å². The number of pyridine rings is 1. The molecule has 0 unspecified atom stereocenters. The lowest BCUT2D eigenvalue weighted by molar-refractivity contribution is -0.120. The molecule has 0 saturated carbocycles. The molecule has 22 heavy (non-hydrogen) atoms. The van der Waals surface area contributed by atoms with Crippen molar-refractivity contribution >= 4 is 29.1 Å². The van der Waals surface area contributed by atoms with Crippen LogP contribution in [0.1, 0.15) is 5.56 Å². The Morgan fingerprint density at radius 1 is 1.32 bits per heavy atom. The van der Waals surface area contributed by atoms with Gasteiger partial charge < -0.3 is 15.2 Å². The largest absolute Gasteiger partial charge is 0.508 e. The van der Waals surface area contributed by atoms with Gasteiger partial charge in [0.2, 0.25) is 11.8 Å². The van der Waals surface area contributed by atoms with E-state index in [1.165, 1.54) is 12.3 Å². The Balaban J connectivity index is 1.74. The van der Waals surface area contributed by atoms with E-state index < -0.39 is 0 Å². The van der Waals surface area contributed by atoms with Gasteiger partial charge >= 0.3 is 0 Å². The van der Waals surface area contributed by atoms with Gasteiger partial charge in [-0.3, -0.25) is 4.79 Å². The summed E-state index contributed by atoms with van der Waals surface area (Å²) in [4.78, 5) is 15.7. The van der Waals surface area contributed by atoms with E-state index in [-0.39, 0.29) is 30.6 Å². The van der Waals surface area contributed by atoms with Crippen molar-refractivity contribution in [1.29, 1.82) is 0 Å². The van der Waals surface area contributed by atoms with Crippen molar-refractivity contribution in [3.63, 3.8) is 0 Å². The Bertz CT molecular complexity index is 665. The maximum atomic E-state index is 11.8. The Labute approximate surface area is 137 Å². The first-order valence-electron chi connectivity index (χ1n) is 6.53. The van der Waals surface area contributed by atoms with Crippen molar-refractivity contribution in [2.24, 2.45) is 0 Å². The third-order valence-electron chi connectivity index (χ3n) is 2.78. The van der Waals surface area contributed by atoms with Gasteiger partial charge in [0, 0.05) is 11.8 Å². The molecule has 1 heterocycles. The number of amides is 1. The molecular weight excluding hydrogens is 327 g/mol. The number of carbonyl (C=O) groups excluding carboxylic acids is 1. The van der Waals surface area contributed by atoms with Crippen LogP contribution in [0.4, 0.5) is 0 Å². The van der Waals surface area contributed by atoms with Crippen LogP contribution in [0.25, 0.3) is 0 Å². The van der Waals surface area contributed by atoms with Crippen LogP contribution in [0.2, 0.25) is 10.0 Å². The van der Waals surface area contributed by atoms with E-state index in [1.54, 1.807) is 24.3 Å². The van der Waals surface area contributed by atoms with Gasteiger partial charge in [0.05, 0.1) is 18.0 Å². The normalized spacial score (nSPS) is 10.3. The fraction of sp³-hybridized carbons (Fsp3) is 0.200. The number of phenolic OH excluding ortho intramolecular Hbond substituents is 1. The minimum atomic E-state index is -0.208. The number of carbonyl (C=O) groups is 1. The lowest BCUT2D eigenvalue weighted by Crippen LogP contribution is -2.29. The predicted molar refractivity (Wildman–Crippen MR) is 84.6 cm³/mol. The summed E-state index contributed by atoms with van der Waals surface area (Å²) >= 11 is 11.6. The Kier molecular flexibility index (Phi) is 5.86. The molecule has 0 aliphatic rings. The lowest BCUT2D eigenvalue weighted by Gasteiger charge is -2.09. The Morgan fingerprint density at radius 3 is 2.82 bits per heavy atom. The molecule has 1 amide bonds. The van der Waals surface area contributed by atoms with Gasteiger partial charge in [-0.1, -0.05) is 41.4 Å². The van der Waals surface area contributed by atoms with Crippen LogP contribution >= 0.6 is 23.2 Å². The second-order valence-electron chi connectivity index (χ2n) is 4.44. The number of ether oxygens (including phenoxy) is 1. The van der Waals surface area contributed by atoms with Crippen molar-refractivity contribution in [2.45, 2.75) is 6.42 Å². The smallest absolute Gasteiger partial charge is 0.232 e. The van der Waals surface area contributed by atoms with E-state index in [2.05, 4.69) is 10.3 Å². The van der Waals surface area contributed by atoms with Crippen LogP contribution in [0.15, 0.2) is 36.5 Å². The first-order valence-corrected chi connectivity index (χ1v) is 7.29. The molecule has 0 saturated heterocycles. The number of hydrogen-bond acceptors (Lipinski definition) is 4. The highest BCUT2D eigenvalue weighted by atomic mass is 35.5. The molecule has 1 aromatic carbocycles. The van der Waals surface area contributed by atoms with E-state index in [9.17, 15) is 9.90 Å². The molecule has 2 N–H and O–H groups in total. The molecule has 2 rings (SSSR count). The average Bonchev–Trinajstić information content (AvgIpc) is 2.48. The summed E-state index contributed by atoms with van der Waals surface area (Å²) in [7, 11) is 0. The molecule has 7 heteroatoms. The molecule has 0 aliphatic heterocycles. The van der Waals surface area contributed by atoms with Gasteiger partial charge in [0.1, 0.15) is 17.4 Å². The summed E-state index contributed by atoms with van der Waals surface area (Å²) in [6.07, 6.45) is 1.53. The number of para-hydroxylation sites is 1. The summed E-state index contributed by atoms with van der Waals surface area (Å²) < 4.78 is 5.35. The summed E-state index contributed by atoms with van der Waals surface area (Å²) in [5.41, 5.74) is 0.573. The highest BCUT2D eigenvalue weighted by Crippen LogP contribution is 2.24. The molecule has 0 bridgehead atoms. The van der Waals surface area contributed by atoms with E-state index in [0.29, 0.717) is 22.2 Å². The van der Waals surface area contributed by atoms with E-state index in [4.69, 9.17) is 27.9 Å². The number of nitrogens with zero attached hydrogens (tertiary/aromatic N) is 1. The van der Waals surface area contributed by atoms with Gasteiger partial charge in [-0.05, 0) is 12.1 Å². The molecular formula is C15H14Cl2N2O3. The number of phenols is 1. The molecule has 1 aromatic heterocycles. The van der Waals surface area contributed by atoms with Crippen molar-refractivity contribution < 1.29 is 14.6 Å². The predicted octanol–water partition coefficient (Wildman–Crippen LogP) is 2.83. The number of halogens is 2. The summed E-state index contributed by atoms with van der Waals surface area (Å²) in [5, 5.41) is 13.0. The number of nitrogens with one attached hydrogen (secondary N) is 1. The zero-order chi connectivity index (χ0) is 15.9. The van der Waals surface area contributed by atoms with Gasteiger partial charge in [-0.25, -0.2) is 4.98 Å². The average molecular weight is 341 g/mol. The summed E-state index contributed by atoms with van der Waals surface area (Å²) in [6.45, 7) is 0.522. The van der Waals surface area contributed by atoms with Crippen molar-refractivity contribution in [3.05, 3.63) is 52.1 Å². The molecule has 116 valence electrons. The number of hydrogen-bond donors (Lipinski definition) is 2. The number of aromatic nitrogens is 1. The van der Waals surface area contributed by atoms with Crippen LogP contribution in [0, 0.1) is 0 Å². The van der Waals surface area contributed by atoms with Crippen LogP contribution in [-0.4, -0.2) is 29.1 Å². The molecule has 0 radical (unpaired) electrons. The molecule has 0 atom stereocenters. The van der Waals surface area contributed by atoms with Crippen molar-refractivity contribution in [2.75, 3.05) is 13.2 Å². The second-order valence-corrected chi connectivity index (χ2v) is 5.29. The van der Waals surface area contributed by atoms with E-state index in [0.717, 1.165) is 0 Å². The SMILES string of the molecule is O=C(Cc1ccccc1O)NCCOc1ncc(Cl)cc1Cl. The fourth-order valence-corrected chi connectivity index (χ4v) is 2.18. The van der Waals surface area contributed by atoms with Crippen LogP contribution in [0.5, 0.6) is 11.6 Å². The van der Waals surface area contributed by atoms with Gasteiger partial charge in [0.15, 0.2) is 0 Å². The number of benzene rings is 1. The minimum absolute atomic E-state index is 0.103. The lowest BCUT2D eigenvalue weighted by atomic mass is 10.1. The molecule has 0 spiro atoms. The third kappa shape index (κ3) is 4.79. The highest BCUT2D eigenvalue weighted by molar-refractivity contribution is 6.35. The monoisotopic (exact) mass is 340 g/mol. The van der Waals surface area contributed by atoms with Crippen LogP contribution < -0.4 is 10.1 Å². The van der Waals surface area contributed by atoms with E-state index >= 15 is 0 Å². The standard InChI is InChI=1S/C15H14Cl2N2O3/c16-11-8-12(17)15(19-9-11)22-6-5-18-14(21)7-10-3-1-2-4-13(10)20/h1-4,8-9,20H,5-7H2,(H,18,21). The zero-order valence-corrected chi connectivity index (χ0v) is 13.1. The summed E-state index contributed by atoms with van der Waals surface area (Å²) in [6, 6.07) is 8.23. The van der Waals surface area contributed by atoms with Crippen LogP contribution in [-0.2, 0) is 11.2 Å². The topological polar surface area (TPSA) is 71.5 Å². The molecule has 0 aliphatic carbocycles.